The minimum atomic E-state index is -0.771. The highest BCUT2D eigenvalue weighted by Gasteiger charge is 2.31. The number of hydrogen-bond donors (Lipinski definition) is 1. The summed E-state index contributed by atoms with van der Waals surface area (Å²) in [6.07, 6.45) is 0.387. The number of amides is 2. The maximum absolute atomic E-state index is 13.7. The molecule has 0 heterocycles. The summed E-state index contributed by atoms with van der Waals surface area (Å²) in [7, 11) is 0. The Bertz CT molecular complexity index is 1120. The number of rotatable bonds is 9. The Hall–Kier alpha value is -2.53. The van der Waals surface area contributed by atoms with Gasteiger partial charge in [-0.05, 0) is 43.2 Å². The van der Waals surface area contributed by atoms with Crippen LogP contribution < -0.4 is 5.32 Å². The molecular weight excluding hydrogens is 491 g/mol. The van der Waals surface area contributed by atoms with Gasteiger partial charge in [0.1, 0.15) is 6.04 Å². The Labute approximate surface area is 215 Å². The molecule has 0 saturated carbocycles. The fourth-order valence-electron chi connectivity index (χ4n) is 3.69. The van der Waals surface area contributed by atoms with Gasteiger partial charge in [-0.2, -0.15) is 0 Å². The Morgan fingerprint density at radius 3 is 2.03 bits per heavy atom. The zero-order chi connectivity index (χ0) is 24.7. The van der Waals surface area contributed by atoms with E-state index >= 15 is 0 Å². The second-order valence-corrected chi connectivity index (χ2v) is 9.58. The van der Waals surface area contributed by atoms with Crippen molar-refractivity contribution < 1.29 is 9.59 Å². The standard InChI is InChI=1S/C27H27Cl3N2O2/c1-18(2)31-27(34)25(15-19-9-4-3-5-10-19)32(17-21-23(29)13-8-14-24(21)30)26(33)16-20-11-6-7-12-22(20)28/h3-14,18,25H,15-17H2,1-2H3,(H,31,34)/t25-/m1/s1. The maximum Gasteiger partial charge on any atom is 0.243 e. The first kappa shape index (κ1) is 26.1. The number of carbonyl (C=O) groups excluding carboxylic acids is 2. The van der Waals surface area contributed by atoms with Gasteiger partial charge in [0.05, 0.1) is 6.42 Å². The van der Waals surface area contributed by atoms with Crippen molar-refractivity contribution in [2.24, 2.45) is 0 Å². The lowest BCUT2D eigenvalue weighted by Gasteiger charge is -2.32. The van der Waals surface area contributed by atoms with Crippen molar-refractivity contribution in [3.8, 4) is 0 Å². The summed E-state index contributed by atoms with van der Waals surface area (Å²) in [5.41, 5.74) is 2.22. The van der Waals surface area contributed by atoms with E-state index in [4.69, 9.17) is 34.8 Å². The second-order valence-electron chi connectivity index (χ2n) is 8.36. The predicted octanol–water partition coefficient (Wildman–Crippen LogP) is 6.35. The Balaban J connectivity index is 2.03. The van der Waals surface area contributed by atoms with Crippen LogP contribution in [0.25, 0.3) is 0 Å². The molecule has 0 aromatic heterocycles. The first-order valence-electron chi connectivity index (χ1n) is 11.1. The van der Waals surface area contributed by atoms with Crippen LogP contribution >= 0.6 is 34.8 Å². The average Bonchev–Trinajstić information content (AvgIpc) is 2.79. The normalized spacial score (nSPS) is 11.8. The minimum Gasteiger partial charge on any atom is -0.352 e. The fourth-order valence-corrected chi connectivity index (χ4v) is 4.41. The molecule has 3 aromatic carbocycles. The van der Waals surface area contributed by atoms with Crippen molar-refractivity contribution in [2.75, 3.05) is 0 Å². The second kappa shape index (κ2) is 12.3. The third kappa shape index (κ3) is 6.99. The van der Waals surface area contributed by atoms with E-state index in [0.29, 0.717) is 32.6 Å². The van der Waals surface area contributed by atoms with Gasteiger partial charge in [-0.1, -0.05) is 89.4 Å². The maximum atomic E-state index is 13.7. The Morgan fingerprint density at radius 1 is 0.824 bits per heavy atom. The largest absolute Gasteiger partial charge is 0.352 e. The summed E-state index contributed by atoms with van der Waals surface area (Å²) < 4.78 is 0. The summed E-state index contributed by atoms with van der Waals surface area (Å²) in [4.78, 5) is 28.7. The van der Waals surface area contributed by atoms with E-state index in [9.17, 15) is 9.59 Å². The van der Waals surface area contributed by atoms with Crippen LogP contribution in [0.4, 0.5) is 0 Å². The number of nitrogens with zero attached hydrogens (tertiary/aromatic N) is 1. The molecule has 4 nitrogen and oxygen atoms in total. The number of carbonyl (C=O) groups is 2. The van der Waals surface area contributed by atoms with Gasteiger partial charge in [0.25, 0.3) is 0 Å². The SMILES string of the molecule is CC(C)NC(=O)[C@@H](Cc1ccccc1)N(Cc1c(Cl)cccc1Cl)C(=O)Cc1ccccc1Cl. The van der Waals surface area contributed by atoms with Crippen molar-refractivity contribution >= 4 is 46.6 Å². The smallest absolute Gasteiger partial charge is 0.243 e. The third-order valence-corrected chi connectivity index (χ3v) is 6.47. The molecule has 3 rings (SSSR count). The van der Waals surface area contributed by atoms with Gasteiger partial charge in [-0.3, -0.25) is 9.59 Å². The molecule has 0 saturated heterocycles. The van der Waals surface area contributed by atoms with Crippen LogP contribution in [0.3, 0.4) is 0 Å². The van der Waals surface area contributed by atoms with Crippen LogP contribution in [0.2, 0.25) is 15.1 Å². The third-order valence-electron chi connectivity index (χ3n) is 5.39. The van der Waals surface area contributed by atoms with Gasteiger partial charge in [0, 0.05) is 39.6 Å². The van der Waals surface area contributed by atoms with Crippen LogP contribution in [0.1, 0.15) is 30.5 Å². The molecule has 7 heteroatoms. The van der Waals surface area contributed by atoms with Crippen molar-refractivity contribution in [3.63, 3.8) is 0 Å². The highest BCUT2D eigenvalue weighted by Crippen LogP contribution is 2.28. The Kier molecular flexibility index (Phi) is 9.40. The van der Waals surface area contributed by atoms with Crippen molar-refractivity contribution in [3.05, 3.63) is 105 Å². The monoisotopic (exact) mass is 516 g/mol. The molecule has 0 radical (unpaired) electrons. The molecule has 3 aromatic rings. The predicted molar refractivity (Wildman–Crippen MR) is 139 cm³/mol. The van der Waals surface area contributed by atoms with E-state index in [1.54, 1.807) is 35.2 Å². The lowest BCUT2D eigenvalue weighted by Crippen LogP contribution is -2.52. The van der Waals surface area contributed by atoms with Crippen molar-refractivity contribution in [1.29, 1.82) is 0 Å². The van der Waals surface area contributed by atoms with Gasteiger partial charge >= 0.3 is 0 Å². The molecule has 178 valence electrons. The summed E-state index contributed by atoms with van der Waals surface area (Å²) in [6.45, 7) is 3.86. The summed E-state index contributed by atoms with van der Waals surface area (Å²) in [5.74, 6) is -0.488. The topological polar surface area (TPSA) is 49.4 Å². The van der Waals surface area contributed by atoms with Gasteiger partial charge in [0.2, 0.25) is 11.8 Å². The van der Waals surface area contributed by atoms with Crippen LogP contribution in [0, 0.1) is 0 Å². The summed E-state index contributed by atoms with van der Waals surface area (Å²) in [5, 5.41) is 4.33. The molecule has 0 bridgehead atoms. The average molecular weight is 518 g/mol. The van der Waals surface area contributed by atoms with E-state index in [1.807, 2.05) is 56.3 Å². The zero-order valence-electron chi connectivity index (χ0n) is 19.1. The molecule has 0 fully saturated rings. The lowest BCUT2D eigenvalue weighted by atomic mass is 10.0. The molecule has 0 aliphatic carbocycles. The van der Waals surface area contributed by atoms with E-state index in [1.165, 1.54) is 0 Å². The van der Waals surface area contributed by atoms with Crippen LogP contribution in [-0.4, -0.2) is 28.8 Å². The molecule has 0 aliphatic heterocycles. The molecule has 2 amide bonds. The van der Waals surface area contributed by atoms with Crippen LogP contribution in [-0.2, 0) is 29.0 Å². The van der Waals surface area contributed by atoms with Gasteiger partial charge in [0.15, 0.2) is 0 Å². The number of nitrogens with one attached hydrogen (secondary N) is 1. The van der Waals surface area contributed by atoms with E-state index < -0.39 is 6.04 Å². The van der Waals surface area contributed by atoms with Crippen LogP contribution in [0.5, 0.6) is 0 Å². The van der Waals surface area contributed by atoms with Gasteiger partial charge in [-0.15, -0.1) is 0 Å². The molecule has 1 atom stereocenters. The Morgan fingerprint density at radius 2 is 1.41 bits per heavy atom. The molecule has 0 unspecified atom stereocenters. The molecule has 0 aliphatic rings. The van der Waals surface area contributed by atoms with E-state index in [2.05, 4.69) is 5.32 Å². The van der Waals surface area contributed by atoms with Crippen molar-refractivity contribution in [1.82, 2.24) is 10.2 Å². The van der Waals surface area contributed by atoms with Gasteiger partial charge in [-0.25, -0.2) is 0 Å². The highest BCUT2D eigenvalue weighted by molar-refractivity contribution is 6.36. The molecule has 1 N–H and O–H groups in total. The molecule has 34 heavy (non-hydrogen) atoms. The fraction of sp³-hybridized carbons (Fsp3) is 0.259. The zero-order valence-corrected chi connectivity index (χ0v) is 21.4. The van der Waals surface area contributed by atoms with E-state index in [-0.39, 0.29) is 30.8 Å². The highest BCUT2D eigenvalue weighted by atomic mass is 35.5. The minimum absolute atomic E-state index is 0.0436. The number of benzene rings is 3. The quantitative estimate of drug-likeness (QED) is 0.359. The first-order chi connectivity index (χ1) is 16.3. The molecular formula is C27H27Cl3N2O2. The van der Waals surface area contributed by atoms with Crippen molar-refractivity contribution in [2.45, 2.75) is 45.3 Å². The molecule has 0 spiro atoms. The van der Waals surface area contributed by atoms with Crippen LogP contribution in [0.15, 0.2) is 72.8 Å². The number of halogens is 3. The number of hydrogen-bond acceptors (Lipinski definition) is 2. The summed E-state index contributed by atoms with van der Waals surface area (Å²) in [6, 6.07) is 21.1. The van der Waals surface area contributed by atoms with Gasteiger partial charge < -0.3 is 10.2 Å². The first-order valence-corrected chi connectivity index (χ1v) is 12.2. The lowest BCUT2D eigenvalue weighted by molar-refractivity contribution is -0.141. The summed E-state index contributed by atoms with van der Waals surface area (Å²) >= 11 is 19.2. The van der Waals surface area contributed by atoms with E-state index in [0.717, 1.165) is 5.56 Å².